The van der Waals surface area contributed by atoms with Gasteiger partial charge in [-0.25, -0.2) is 9.59 Å². The lowest BCUT2D eigenvalue weighted by Gasteiger charge is -2.36. The van der Waals surface area contributed by atoms with Crippen molar-refractivity contribution in [3.05, 3.63) is 77.5 Å². The number of fused-ring (bicyclic) bond motifs is 1. The van der Waals surface area contributed by atoms with Crippen LogP contribution in [0.4, 0.5) is 4.79 Å². The van der Waals surface area contributed by atoms with Crippen LogP contribution in [0.25, 0.3) is 10.9 Å². The van der Waals surface area contributed by atoms with Gasteiger partial charge in [0.2, 0.25) is 0 Å². The van der Waals surface area contributed by atoms with Gasteiger partial charge in [-0.2, -0.15) is 0 Å². The number of ether oxygens (including phenoxy) is 1. The minimum absolute atomic E-state index is 0.0590. The van der Waals surface area contributed by atoms with Gasteiger partial charge in [-0.3, -0.25) is 4.98 Å². The van der Waals surface area contributed by atoms with Gasteiger partial charge in [0.1, 0.15) is 6.61 Å². The largest absolute Gasteiger partial charge is 0.479 e. The quantitative estimate of drug-likeness (QED) is 0.482. The highest BCUT2D eigenvalue weighted by Gasteiger charge is 2.45. The summed E-state index contributed by atoms with van der Waals surface area (Å²) in [7, 11) is 0. The number of carboxylic acid groups (broad SMARTS) is 1. The van der Waals surface area contributed by atoms with E-state index in [9.17, 15) is 14.7 Å². The van der Waals surface area contributed by atoms with E-state index in [0.717, 1.165) is 22.2 Å². The molecule has 33 heavy (non-hydrogen) atoms. The monoisotopic (exact) mass is 446 g/mol. The Kier molecular flexibility index (Phi) is 6.11. The molecule has 0 saturated heterocycles. The van der Waals surface area contributed by atoms with E-state index in [2.05, 4.69) is 5.32 Å². The van der Waals surface area contributed by atoms with Gasteiger partial charge in [0.25, 0.3) is 0 Å². The molecule has 0 aliphatic heterocycles. The van der Waals surface area contributed by atoms with E-state index in [-0.39, 0.29) is 18.4 Å². The number of amides is 1. The normalized spacial score (nSPS) is 15.6. The molecule has 2 aromatic carbocycles. The molecule has 1 aliphatic rings. The van der Waals surface area contributed by atoms with E-state index in [1.165, 1.54) is 12.8 Å². The second-order valence-electron chi connectivity index (χ2n) is 10.1. The molecule has 1 aromatic heterocycles. The van der Waals surface area contributed by atoms with E-state index >= 15 is 0 Å². The predicted octanol–water partition coefficient (Wildman–Crippen LogP) is 5.75. The van der Waals surface area contributed by atoms with Gasteiger partial charge in [0.05, 0.1) is 5.52 Å². The van der Waals surface area contributed by atoms with E-state index < -0.39 is 17.6 Å². The number of aromatic nitrogens is 1. The molecule has 1 aliphatic carbocycles. The fraction of sp³-hybridized carbons (Fsp3) is 0.370. The Bertz CT molecular complexity index is 1170. The lowest BCUT2D eigenvalue weighted by atomic mass is 9.75. The van der Waals surface area contributed by atoms with Crippen molar-refractivity contribution in [1.82, 2.24) is 10.3 Å². The number of benzene rings is 2. The maximum absolute atomic E-state index is 12.8. The Hall–Kier alpha value is -3.41. The molecular weight excluding hydrogens is 416 g/mol. The van der Waals surface area contributed by atoms with Gasteiger partial charge >= 0.3 is 12.1 Å². The molecule has 1 atom stereocenters. The lowest BCUT2D eigenvalue weighted by molar-refractivity contribution is -0.146. The molecule has 1 amide bonds. The topological polar surface area (TPSA) is 88.5 Å². The highest BCUT2D eigenvalue weighted by Crippen LogP contribution is 2.40. The highest BCUT2D eigenvalue weighted by molar-refractivity contribution is 5.88. The van der Waals surface area contributed by atoms with Crippen LogP contribution in [0.1, 0.15) is 62.8 Å². The summed E-state index contributed by atoms with van der Waals surface area (Å²) in [5.74, 6) is -0.592. The first-order chi connectivity index (χ1) is 15.7. The molecule has 0 bridgehead atoms. The van der Waals surface area contributed by atoms with Crippen LogP contribution < -0.4 is 5.32 Å². The molecule has 1 saturated carbocycles. The van der Waals surface area contributed by atoms with E-state index in [1.54, 1.807) is 6.07 Å². The highest BCUT2D eigenvalue weighted by atomic mass is 16.5. The minimum atomic E-state index is -1.64. The van der Waals surface area contributed by atoms with Crippen molar-refractivity contribution in [3.8, 4) is 0 Å². The van der Waals surface area contributed by atoms with Crippen molar-refractivity contribution >= 4 is 23.0 Å². The molecule has 1 heterocycles. The average molecular weight is 447 g/mol. The SMILES string of the molecule is CC(C)(C)CC(NC(=O)OCc1ccccc1)(C(=O)O)c1ccc2nc(C3CC3)ccc2c1. The maximum Gasteiger partial charge on any atom is 0.408 e. The number of aliphatic carboxylic acids is 1. The summed E-state index contributed by atoms with van der Waals surface area (Å²) in [4.78, 5) is 30.2. The van der Waals surface area contributed by atoms with Crippen molar-refractivity contribution in [2.75, 3.05) is 0 Å². The smallest absolute Gasteiger partial charge is 0.408 e. The first-order valence-electron chi connectivity index (χ1n) is 11.3. The zero-order chi connectivity index (χ0) is 23.6. The third kappa shape index (κ3) is 5.33. The molecule has 3 aromatic rings. The number of hydrogen-bond donors (Lipinski definition) is 2. The summed E-state index contributed by atoms with van der Waals surface area (Å²) in [5.41, 5.74) is 1.20. The van der Waals surface area contributed by atoms with E-state index in [1.807, 2.05) is 75.4 Å². The molecule has 172 valence electrons. The third-order valence-electron chi connectivity index (χ3n) is 5.89. The summed E-state index contributed by atoms with van der Waals surface area (Å²) in [6, 6.07) is 18.7. The molecule has 1 fully saturated rings. The summed E-state index contributed by atoms with van der Waals surface area (Å²) in [5, 5.41) is 13.9. The van der Waals surface area contributed by atoms with Crippen molar-refractivity contribution in [2.45, 2.75) is 58.1 Å². The Morgan fingerprint density at radius 1 is 1.06 bits per heavy atom. The number of alkyl carbamates (subject to hydrolysis) is 1. The molecule has 4 rings (SSSR count). The van der Waals surface area contributed by atoms with Crippen LogP contribution in [-0.4, -0.2) is 22.2 Å². The second-order valence-corrected chi connectivity index (χ2v) is 10.1. The Morgan fingerprint density at radius 3 is 2.42 bits per heavy atom. The maximum atomic E-state index is 12.8. The van der Waals surface area contributed by atoms with Crippen molar-refractivity contribution in [1.29, 1.82) is 0 Å². The van der Waals surface area contributed by atoms with Crippen LogP contribution in [0.2, 0.25) is 0 Å². The molecule has 1 unspecified atom stereocenters. The zero-order valence-corrected chi connectivity index (χ0v) is 19.3. The number of hydrogen-bond acceptors (Lipinski definition) is 4. The molecular formula is C27H30N2O4. The van der Waals surface area contributed by atoms with Crippen LogP contribution in [0.15, 0.2) is 60.7 Å². The van der Waals surface area contributed by atoms with Gasteiger partial charge in [-0.1, -0.05) is 63.2 Å². The number of rotatable bonds is 7. The molecule has 0 radical (unpaired) electrons. The standard InChI is InChI=1S/C27H30N2O4/c1-26(2,3)17-27(24(30)31,29-25(32)33-16-18-7-5-4-6-8-18)21-12-14-23-20(15-21)11-13-22(28-23)19-9-10-19/h4-8,11-15,19H,9-10,16-17H2,1-3H3,(H,29,32)(H,30,31). The lowest BCUT2D eigenvalue weighted by Crippen LogP contribution is -2.54. The predicted molar refractivity (Wildman–Crippen MR) is 127 cm³/mol. The van der Waals surface area contributed by atoms with Gasteiger partial charge in [0, 0.05) is 17.0 Å². The molecule has 0 spiro atoms. The Labute approximate surface area is 194 Å². The summed E-state index contributed by atoms with van der Waals surface area (Å²) in [6.07, 6.45) is 1.75. The first-order valence-corrected chi connectivity index (χ1v) is 11.3. The van der Waals surface area contributed by atoms with Gasteiger partial charge in [-0.15, -0.1) is 0 Å². The Balaban J connectivity index is 1.66. The van der Waals surface area contributed by atoms with Crippen LogP contribution >= 0.6 is 0 Å². The molecule has 6 nitrogen and oxygen atoms in total. The molecule has 6 heteroatoms. The van der Waals surface area contributed by atoms with Crippen LogP contribution in [0, 0.1) is 5.41 Å². The zero-order valence-electron chi connectivity index (χ0n) is 19.3. The number of carbonyl (C=O) groups excluding carboxylic acids is 1. The minimum Gasteiger partial charge on any atom is -0.479 e. The van der Waals surface area contributed by atoms with Crippen molar-refractivity contribution < 1.29 is 19.4 Å². The van der Waals surface area contributed by atoms with Gasteiger partial charge < -0.3 is 15.2 Å². The average Bonchev–Trinajstić information content (AvgIpc) is 3.61. The molecule has 2 N–H and O–H groups in total. The van der Waals surface area contributed by atoms with Crippen LogP contribution in [-0.2, 0) is 21.7 Å². The van der Waals surface area contributed by atoms with Gasteiger partial charge in [0.15, 0.2) is 5.54 Å². The van der Waals surface area contributed by atoms with E-state index in [4.69, 9.17) is 9.72 Å². The summed E-state index contributed by atoms with van der Waals surface area (Å²) >= 11 is 0. The second kappa shape index (κ2) is 8.85. The summed E-state index contributed by atoms with van der Waals surface area (Å²) < 4.78 is 5.38. The van der Waals surface area contributed by atoms with Crippen molar-refractivity contribution in [2.24, 2.45) is 5.41 Å². The first kappa shape index (κ1) is 22.8. The number of nitrogens with zero attached hydrogens (tertiary/aromatic N) is 1. The van der Waals surface area contributed by atoms with Crippen LogP contribution in [0.3, 0.4) is 0 Å². The number of pyridine rings is 1. The number of carboxylic acids is 1. The fourth-order valence-corrected chi connectivity index (χ4v) is 4.21. The van der Waals surface area contributed by atoms with E-state index in [0.29, 0.717) is 11.5 Å². The Morgan fingerprint density at radius 2 is 1.79 bits per heavy atom. The number of carbonyl (C=O) groups is 2. The fourth-order valence-electron chi connectivity index (χ4n) is 4.21. The third-order valence-corrected chi connectivity index (χ3v) is 5.89. The number of nitrogens with one attached hydrogen (secondary N) is 1. The van der Waals surface area contributed by atoms with Gasteiger partial charge in [-0.05, 0) is 54.0 Å². The summed E-state index contributed by atoms with van der Waals surface area (Å²) in [6.45, 7) is 5.91. The van der Waals surface area contributed by atoms with Crippen molar-refractivity contribution in [3.63, 3.8) is 0 Å². The van der Waals surface area contributed by atoms with Crippen LogP contribution in [0.5, 0.6) is 0 Å².